The van der Waals surface area contributed by atoms with E-state index in [-0.39, 0.29) is 12.3 Å². The van der Waals surface area contributed by atoms with Crippen LogP contribution < -0.4 is 11.1 Å². The number of carbonyl (C=O) groups excluding carboxylic acids is 2. The maximum atomic E-state index is 13.6. The molecule has 0 aromatic heterocycles. The highest BCUT2D eigenvalue weighted by Crippen LogP contribution is 2.13. The smallest absolute Gasteiger partial charge is 0.249 e. The minimum absolute atomic E-state index is 0.0282. The molecule has 0 unspecified atom stereocenters. The summed E-state index contributed by atoms with van der Waals surface area (Å²) in [7, 11) is 0. The minimum Gasteiger partial charge on any atom is -0.368 e. The van der Waals surface area contributed by atoms with Gasteiger partial charge in [0.2, 0.25) is 11.8 Å². The number of ether oxygens (including phenoxy) is 1. The van der Waals surface area contributed by atoms with Crippen molar-refractivity contribution in [2.45, 2.75) is 31.4 Å². The number of hydrogen-bond donors (Lipinski definition) is 2. The predicted molar refractivity (Wildman–Crippen MR) is 70.2 cm³/mol. The molecule has 0 aliphatic carbocycles. The maximum absolute atomic E-state index is 13.6. The highest BCUT2D eigenvalue weighted by molar-refractivity contribution is 5.88. The normalized spacial score (nSPS) is 19.6. The van der Waals surface area contributed by atoms with Crippen molar-refractivity contribution in [3.63, 3.8) is 0 Å². The molecule has 1 aromatic rings. The first kappa shape index (κ1) is 14.5. The van der Waals surface area contributed by atoms with Crippen molar-refractivity contribution < 1.29 is 18.7 Å². The van der Waals surface area contributed by atoms with Crippen LogP contribution in [0.3, 0.4) is 0 Å². The summed E-state index contributed by atoms with van der Waals surface area (Å²) in [5, 5.41) is 2.53. The number of carbonyl (C=O) groups is 2. The van der Waals surface area contributed by atoms with Crippen LogP contribution in [0, 0.1) is 5.82 Å². The van der Waals surface area contributed by atoms with Gasteiger partial charge in [0.05, 0.1) is 0 Å². The van der Waals surface area contributed by atoms with Gasteiger partial charge in [0.25, 0.3) is 0 Å². The molecule has 1 saturated heterocycles. The van der Waals surface area contributed by atoms with Crippen molar-refractivity contribution in [2.75, 3.05) is 6.61 Å². The van der Waals surface area contributed by atoms with Crippen LogP contribution in [0.25, 0.3) is 0 Å². The fraction of sp³-hybridized carbons (Fsp3) is 0.429. The number of primary amides is 1. The third kappa shape index (κ3) is 3.54. The van der Waals surface area contributed by atoms with Gasteiger partial charge in [-0.25, -0.2) is 4.39 Å². The number of nitrogens with one attached hydrogen (secondary N) is 1. The largest absolute Gasteiger partial charge is 0.368 e. The van der Waals surface area contributed by atoms with E-state index in [9.17, 15) is 14.0 Å². The zero-order valence-electron chi connectivity index (χ0n) is 11.0. The summed E-state index contributed by atoms with van der Waals surface area (Å²) >= 11 is 0. The molecule has 5 nitrogen and oxygen atoms in total. The Morgan fingerprint density at radius 3 is 2.80 bits per heavy atom. The van der Waals surface area contributed by atoms with Gasteiger partial charge in [-0.3, -0.25) is 9.59 Å². The molecule has 108 valence electrons. The van der Waals surface area contributed by atoms with Gasteiger partial charge in [0.15, 0.2) is 0 Å². The second-order valence-corrected chi connectivity index (χ2v) is 4.76. The zero-order chi connectivity index (χ0) is 14.5. The minimum atomic E-state index is -0.941. The van der Waals surface area contributed by atoms with Gasteiger partial charge in [-0.15, -0.1) is 0 Å². The fourth-order valence-electron chi connectivity index (χ4n) is 2.16. The van der Waals surface area contributed by atoms with E-state index in [2.05, 4.69) is 5.32 Å². The van der Waals surface area contributed by atoms with Crippen LogP contribution >= 0.6 is 0 Å². The first-order valence-corrected chi connectivity index (χ1v) is 6.52. The van der Waals surface area contributed by atoms with Crippen molar-refractivity contribution in [1.29, 1.82) is 0 Å². The molecule has 1 aliphatic rings. The van der Waals surface area contributed by atoms with Crippen molar-refractivity contribution in [3.05, 3.63) is 35.6 Å². The molecular weight excluding hydrogens is 263 g/mol. The molecule has 3 N–H and O–H groups in total. The van der Waals surface area contributed by atoms with E-state index >= 15 is 0 Å². The fourth-order valence-corrected chi connectivity index (χ4v) is 2.16. The number of halogens is 1. The molecule has 0 bridgehead atoms. The quantitative estimate of drug-likeness (QED) is 0.825. The molecule has 0 radical (unpaired) electrons. The van der Waals surface area contributed by atoms with Crippen LogP contribution in [0.2, 0.25) is 0 Å². The van der Waals surface area contributed by atoms with E-state index in [1.54, 1.807) is 18.2 Å². The van der Waals surface area contributed by atoms with E-state index in [0.29, 0.717) is 18.6 Å². The van der Waals surface area contributed by atoms with Gasteiger partial charge < -0.3 is 15.8 Å². The van der Waals surface area contributed by atoms with Crippen molar-refractivity contribution in [2.24, 2.45) is 5.73 Å². The topological polar surface area (TPSA) is 81.4 Å². The lowest BCUT2D eigenvalue weighted by atomic mass is 10.0. The first-order valence-electron chi connectivity index (χ1n) is 6.52. The summed E-state index contributed by atoms with van der Waals surface area (Å²) in [6.07, 6.45) is 0.918. The van der Waals surface area contributed by atoms with E-state index < -0.39 is 23.9 Å². The van der Waals surface area contributed by atoms with Crippen molar-refractivity contribution >= 4 is 11.8 Å². The van der Waals surface area contributed by atoms with Crippen LogP contribution in [-0.4, -0.2) is 30.6 Å². The Kier molecular flexibility index (Phi) is 4.68. The highest BCUT2D eigenvalue weighted by atomic mass is 19.1. The summed E-state index contributed by atoms with van der Waals surface area (Å²) in [6, 6.07) is 5.14. The molecule has 0 saturated carbocycles. The summed E-state index contributed by atoms with van der Waals surface area (Å²) in [5.74, 6) is -1.49. The number of benzene rings is 1. The average Bonchev–Trinajstić information content (AvgIpc) is 2.94. The van der Waals surface area contributed by atoms with Crippen molar-refractivity contribution in [3.8, 4) is 0 Å². The molecule has 1 heterocycles. The monoisotopic (exact) mass is 280 g/mol. The van der Waals surface area contributed by atoms with E-state index in [4.69, 9.17) is 10.5 Å². The van der Waals surface area contributed by atoms with Crippen LogP contribution in [0.4, 0.5) is 4.39 Å². The van der Waals surface area contributed by atoms with E-state index in [0.717, 1.165) is 6.42 Å². The van der Waals surface area contributed by atoms with E-state index in [1.807, 2.05) is 0 Å². The van der Waals surface area contributed by atoms with Gasteiger partial charge in [-0.2, -0.15) is 0 Å². The Morgan fingerprint density at radius 1 is 1.45 bits per heavy atom. The molecular formula is C14H17FN2O3. The molecule has 2 amide bonds. The Labute approximate surface area is 116 Å². The second-order valence-electron chi connectivity index (χ2n) is 4.76. The van der Waals surface area contributed by atoms with Gasteiger partial charge in [-0.1, -0.05) is 18.2 Å². The van der Waals surface area contributed by atoms with Crippen molar-refractivity contribution in [1.82, 2.24) is 5.32 Å². The standard InChI is InChI=1S/C14H17FN2O3/c15-10-5-2-1-4-9(10)8-11(13(16)18)17-14(19)12-6-3-7-20-12/h1-2,4-5,11-12H,3,6-8H2,(H2,16,18)(H,17,19)/t11-,12-/m1/s1. The SMILES string of the molecule is NC(=O)[C@@H](Cc1ccccc1F)NC(=O)[C@H]1CCCO1. The van der Waals surface area contributed by atoms with Gasteiger partial charge in [-0.05, 0) is 24.5 Å². The molecule has 2 rings (SSSR count). The molecule has 2 atom stereocenters. The summed E-state index contributed by atoms with van der Waals surface area (Å²) in [4.78, 5) is 23.3. The lowest BCUT2D eigenvalue weighted by molar-refractivity contribution is -0.133. The Bertz CT molecular complexity index is 501. The zero-order valence-corrected chi connectivity index (χ0v) is 11.0. The molecule has 1 aromatic carbocycles. The third-order valence-electron chi connectivity index (χ3n) is 3.26. The molecule has 20 heavy (non-hydrogen) atoms. The average molecular weight is 280 g/mol. The Hall–Kier alpha value is -1.95. The number of rotatable bonds is 5. The Morgan fingerprint density at radius 2 is 2.20 bits per heavy atom. The van der Waals surface area contributed by atoms with Gasteiger partial charge in [0.1, 0.15) is 18.0 Å². The molecule has 6 heteroatoms. The van der Waals surface area contributed by atoms with Gasteiger partial charge in [0, 0.05) is 13.0 Å². The molecule has 1 fully saturated rings. The van der Waals surface area contributed by atoms with Crippen LogP contribution in [0.15, 0.2) is 24.3 Å². The summed E-state index contributed by atoms with van der Waals surface area (Å²) in [6.45, 7) is 0.534. The summed E-state index contributed by atoms with van der Waals surface area (Å²) in [5.41, 5.74) is 5.60. The number of hydrogen-bond acceptors (Lipinski definition) is 3. The number of amides is 2. The number of nitrogens with two attached hydrogens (primary N) is 1. The molecule has 0 spiro atoms. The van der Waals surface area contributed by atoms with Crippen LogP contribution in [0.1, 0.15) is 18.4 Å². The Balaban J connectivity index is 2.02. The van der Waals surface area contributed by atoms with Gasteiger partial charge >= 0.3 is 0 Å². The predicted octanol–water partition coefficient (Wildman–Crippen LogP) is 0.517. The third-order valence-corrected chi connectivity index (χ3v) is 3.26. The molecule has 1 aliphatic heterocycles. The highest BCUT2D eigenvalue weighted by Gasteiger charge is 2.27. The second kappa shape index (κ2) is 6.47. The lowest BCUT2D eigenvalue weighted by Crippen LogP contribution is -2.49. The lowest BCUT2D eigenvalue weighted by Gasteiger charge is -2.18. The first-order chi connectivity index (χ1) is 9.58. The van der Waals surface area contributed by atoms with E-state index in [1.165, 1.54) is 6.07 Å². The summed E-state index contributed by atoms with van der Waals surface area (Å²) < 4.78 is 18.8. The van der Waals surface area contributed by atoms with Crippen LogP contribution in [0.5, 0.6) is 0 Å². The maximum Gasteiger partial charge on any atom is 0.249 e. The van der Waals surface area contributed by atoms with Crippen LogP contribution in [-0.2, 0) is 20.7 Å².